The summed E-state index contributed by atoms with van der Waals surface area (Å²) in [7, 11) is 1.48. The molecule has 7 nitrogen and oxygen atoms in total. The minimum absolute atomic E-state index is 0.0241. The highest BCUT2D eigenvalue weighted by molar-refractivity contribution is 7.10. The largest absolute Gasteiger partial charge is 0.352 e. The fraction of sp³-hybridized carbons (Fsp3) is 0.611. The zero-order valence-electron chi connectivity index (χ0n) is 14.7. The summed E-state index contributed by atoms with van der Waals surface area (Å²) in [6, 6.07) is 3.63. The zero-order chi connectivity index (χ0) is 18.3. The predicted octanol–water partition coefficient (Wildman–Crippen LogP) is 1.47. The standard InChI is InChI=1S/C18H23N3O4S/c1-20-17(23)14-15(12-8-5-9-26-12)21(25-16(14)18(20)24)10-13(22)19-11-6-3-2-4-7-11/h5,8-9,11,14-16H,2-4,6-7,10H2,1H3,(H,19,22). The van der Waals surface area contributed by atoms with Crippen molar-refractivity contribution in [3.63, 3.8) is 0 Å². The summed E-state index contributed by atoms with van der Waals surface area (Å²) in [5, 5.41) is 6.53. The van der Waals surface area contributed by atoms with Crippen LogP contribution in [0.15, 0.2) is 17.5 Å². The number of thiophene rings is 1. The van der Waals surface area contributed by atoms with Gasteiger partial charge in [0.25, 0.3) is 5.91 Å². The van der Waals surface area contributed by atoms with Crippen molar-refractivity contribution < 1.29 is 19.2 Å². The summed E-state index contributed by atoms with van der Waals surface area (Å²) in [5.74, 6) is -1.29. The van der Waals surface area contributed by atoms with Gasteiger partial charge in [0, 0.05) is 18.0 Å². The Hall–Kier alpha value is -1.77. The van der Waals surface area contributed by atoms with Crippen molar-refractivity contribution >= 4 is 29.1 Å². The Labute approximate surface area is 156 Å². The maximum atomic E-state index is 12.6. The molecule has 1 N–H and O–H groups in total. The van der Waals surface area contributed by atoms with E-state index in [-0.39, 0.29) is 30.3 Å². The van der Waals surface area contributed by atoms with Gasteiger partial charge in [0.05, 0.1) is 12.0 Å². The van der Waals surface area contributed by atoms with Crippen molar-refractivity contribution in [1.82, 2.24) is 15.3 Å². The average molecular weight is 377 g/mol. The van der Waals surface area contributed by atoms with Crippen LogP contribution in [0.5, 0.6) is 0 Å². The van der Waals surface area contributed by atoms with Crippen LogP contribution in [0, 0.1) is 5.92 Å². The lowest BCUT2D eigenvalue weighted by Gasteiger charge is -2.27. The first-order valence-electron chi connectivity index (χ1n) is 9.14. The third kappa shape index (κ3) is 3.06. The SMILES string of the molecule is CN1C(=O)C2ON(CC(=O)NC3CCCCC3)C(c3cccs3)C2C1=O. The van der Waals surface area contributed by atoms with Crippen LogP contribution in [0.4, 0.5) is 0 Å². The van der Waals surface area contributed by atoms with Crippen LogP contribution in [-0.4, -0.2) is 53.4 Å². The van der Waals surface area contributed by atoms with Crippen LogP contribution >= 0.6 is 11.3 Å². The minimum Gasteiger partial charge on any atom is -0.352 e. The van der Waals surface area contributed by atoms with Gasteiger partial charge in [-0.15, -0.1) is 11.3 Å². The smallest absolute Gasteiger partial charge is 0.261 e. The maximum Gasteiger partial charge on any atom is 0.261 e. The molecule has 2 saturated heterocycles. The molecule has 0 radical (unpaired) electrons. The van der Waals surface area contributed by atoms with Gasteiger partial charge in [-0.25, -0.2) is 0 Å². The van der Waals surface area contributed by atoms with Gasteiger partial charge in [0.1, 0.15) is 6.54 Å². The number of carbonyl (C=O) groups excluding carboxylic acids is 3. The Bertz CT molecular complexity index is 701. The van der Waals surface area contributed by atoms with Gasteiger partial charge in [0.15, 0.2) is 6.10 Å². The van der Waals surface area contributed by atoms with E-state index in [1.807, 2.05) is 17.5 Å². The molecule has 1 aromatic heterocycles. The molecule has 3 amide bonds. The third-order valence-corrected chi connectivity index (χ3v) is 6.46. The maximum absolute atomic E-state index is 12.6. The Morgan fingerprint density at radius 3 is 2.73 bits per heavy atom. The first kappa shape index (κ1) is 17.6. The highest BCUT2D eigenvalue weighted by Crippen LogP contribution is 2.45. The number of carbonyl (C=O) groups is 3. The van der Waals surface area contributed by atoms with Gasteiger partial charge >= 0.3 is 0 Å². The number of fused-ring (bicyclic) bond motifs is 1. The van der Waals surface area contributed by atoms with Crippen molar-refractivity contribution in [3.05, 3.63) is 22.4 Å². The van der Waals surface area contributed by atoms with Crippen LogP contribution in [0.1, 0.15) is 43.0 Å². The Morgan fingerprint density at radius 1 is 1.27 bits per heavy atom. The molecule has 0 bridgehead atoms. The molecule has 3 heterocycles. The van der Waals surface area contributed by atoms with E-state index in [9.17, 15) is 14.4 Å². The highest BCUT2D eigenvalue weighted by atomic mass is 32.1. The van der Waals surface area contributed by atoms with Crippen LogP contribution in [0.25, 0.3) is 0 Å². The zero-order valence-corrected chi connectivity index (χ0v) is 15.5. The monoisotopic (exact) mass is 377 g/mol. The van der Waals surface area contributed by atoms with Crippen LogP contribution in [0.2, 0.25) is 0 Å². The lowest BCUT2D eigenvalue weighted by atomic mass is 9.95. The Morgan fingerprint density at radius 2 is 2.04 bits per heavy atom. The third-order valence-electron chi connectivity index (χ3n) is 5.52. The molecule has 2 aliphatic heterocycles. The molecule has 4 rings (SSSR count). The first-order valence-corrected chi connectivity index (χ1v) is 10.0. The number of imide groups is 1. The highest BCUT2D eigenvalue weighted by Gasteiger charge is 2.59. The van der Waals surface area contributed by atoms with E-state index < -0.39 is 18.1 Å². The van der Waals surface area contributed by atoms with Crippen LogP contribution in [0.3, 0.4) is 0 Å². The van der Waals surface area contributed by atoms with Crippen LogP contribution in [-0.2, 0) is 19.2 Å². The van der Waals surface area contributed by atoms with E-state index in [1.165, 1.54) is 29.9 Å². The van der Waals surface area contributed by atoms with E-state index >= 15 is 0 Å². The van der Waals surface area contributed by atoms with Gasteiger partial charge in [-0.05, 0) is 24.3 Å². The van der Waals surface area contributed by atoms with E-state index in [2.05, 4.69) is 5.32 Å². The van der Waals surface area contributed by atoms with Gasteiger partial charge < -0.3 is 5.32 Å². The van der Waals surface area contributed by atoms with Gasteiger partial charge in [0.2, 0.25) is 11.8 Å². The molecule has 1 aliphatic carbocycles. The number of likely N-dealkylation sites (N-methyl/N-ethyl adjacent to an activating group) is 1. The van der Waals surface area contributed by atoms with Crippen molar-refractivity contribution in [3.8, 4) is 0 Å². The molecule has 8 heteroatoms. The molecule has 3 atom stereocenters. The summed E-state index contributed by atoms with van der Waals surface area (Å²) in [5.41, 5.74) is 0. The molecule has 3 fully saturated rings. The number of hydrogen-bond donors (Lipinski definition) is 1. The Balaban J connectivity index is 1.50. The minimum atomic E-state index is -0.831. The fourth-order valence-electron chi connectivity index (χ4n) is 4.18. The van der Waals surface area contributed by atoms with E-state index in [4.69, 9.17) is 4.84 Å². The van der Waals surface area contributed by atoms with Crippen molar-refractivity contribution in [2.45, 2.75) is 50.3 Å². The second kappa shape index (κ2) is 7.09. The molecule has 3 aliphatic rings. The van der Waals surface area contributed by atoms with E-state index in [1.54, 1.807) is 0 Å². The predicted molar refractivity (Wildman–Crippen MR) is 94.9 cm³/mol. The number of amides is 3. The molecule has 0 aromatic carbocycles. The summed E-state index contributed by atoms with van der Waals surface area (Å²) >= 11 is 1.50. The molecular weight excluding hydrogens is 354 g/mol. The molecule has 26 heavy (non-hydrogen) atoms. The lowest BCUT2D eigenvalue weighted by molar-refractivity contribution is -0.181. The second-order valence-corrected chi connectivity index (χ2v) is 8.20. The summed E-state index contributed by atoms with van der Waals surface area (Å²) in [6.07, 6.45) is 4.69. The molecule has 1 aromatic rings. The lowest BCUT2D eigenvalue weighted by Crippen LogP contribution is -2.43. The molecule has 3 unspecified atom stereocenters. The molecule has 1 saturated carbocycles. The summed E-state index contributed by atoms with van der Waals surface area (Å²) in [6.45, 7) is 0.0241. The number of nitrogens with zero attached hydrogens (tertiary/aromatic N) is 2. The summed E-state index contributed by atoms with van der Waals surface area (Å²) < 4.78 is 0. The van der Waals surface area contributed by atoms with Gasteiger partial charge in [-0.1, -0.05) is 25.3 Å². The number of nitrogens with one attached hydrogen (secondary N) is 1. The molecule has 0 spiro atoms. The van der Waals surface area contributed by atoms with E-state index in [0.717, 1.165) is 35.5 Å². The number of rotatable bonds is 4. The van der Waals surface area contributed by atoms with Crippen LogP contribution < -0.4 is 5.32 Å². The Kier molecular flexibility index (Phi) is 4.81. The number of hydrogen-bond acceptors (Lipinski definition) is 6. The van der Waals surface area contributed by atoms with Crippen molar-refractivity contribution in [1.29, 1.82) is 0 Å². The van der Waals surface area contributed by atoms with E-state index in [0.29, 0.717) is 0 Å². The topological polar surface area (TPSA) is 79.0 Å². The normalized spacial score (nSPS) is 30.0. The summed E-state index contributed by atoms with van der Waals surface area (Å²) in [4.78, 5) is 45.3. The average Bonchev–Trinajstić information content (AvgIpc) is 3.31. The quantitative estimate of drug-likeness (QED) is 0.804. The molecule has 140 valence electrons. The second-order valence-electron chi connectivity index (χ2n) is 7.23. The van der Waals surface area contributed by atoms with Gasteiger partial charge in [-0.2, -0.15) is 5.06 Å². The number of likely N-dealkylation sites (tertiary alicyclic amines) is 1. The van der Waals surface area contributed by atoms with Crippen molar-refractivity contribution in [2.75, 3.05) is 13.6 Å². The fourth-order valence-corrected chi connectivity index (χ4v) is 5.06. The first-order chi connectivity index (χ1) is 12.6. The van der Waals surface area contributed by atoms with Gasteiger partial charge in [-0.3, -0.25) is 24.1 Å². The number of hydroxylamine groups is 2. The van der Waals surface area contributed by atoms with Crippen molar-refractivity contribution in [2.24, 2.45) is 5.92 Å². The molecular formula is C18H23N3O4S.